The number of anilines is 1. The van der Waals surface area contributed by atoms with Crippen LogP contribution in [0.5, 0.6) is 0 Å². The number of carbonyl (C=O) groups is 1. The van der Waals surface area contributed by atoms with Crippen molar-refractivity contribution in [3.63, 3.8) is 0 Å². The van der Waals surface area contributed by atoms with E-state index in [0.29, 0.717) is 24.2 Å². The molecule has 9 nitrogen and oxygen atoms in total. The Balaban J connectivity index is 0.000000552. The highest BCUT2D eigenvalue weighted by Crippen LogP contribution is 2.43. The average Bonchev–Trinajstić information content (AvgIpc) is 3.31. The van der Waals surface area contributed by atoms with Gasteiger partial charge in [0.1, 0.15) is 0 Å². The molecule has 0 spiro atoms. The molecular weight excluding hydrogens is 604 g/mol. The number of nitrogens with one attached hydrogen (secondary N) is 1. The summed E-state index contributed by atoms with van der Waals surface area (Å²) in [7, 11) is 3.59. The molecule has 0 bridgehead atoms. The van der Waals surface area contributed by atoms with Crippen molar-refractivity contribution in [2.45, 2.75) is 71.3 Å². The average molecular weight is 644 g/mol. The summed E-state index contributed by atoms with van der Waals surface area (Å²) in [6.07, 6.45) is -1.35. The number of fused-ring (bicyclic) bond motifs is 1. The van der Waals surface area contributed by atoms with Crippen molar-refractivity contribution in [2.75, 3.05) is 25.5 Å². The molecule has 2 aliphatic rings. The number of nitrogens with zero attached hydrogens (tertiary/aromatic N) is 6. The third kappa shape index (κ3) is 11.2. The molecule has 1 aromatic heterocycles. The van der Waals surface area contributed by atoms with Gasteiger partial charge in [-0.25, -0.2) is 9.91 Å². The van der Waals surface area contributed by atoms with Crippen LogP contribution in [-0.2, 0) is 12.7 Å². The molecule has 2 aromatic rings. The molecule has 0 aliphatic carbocycles. The minimum Gasteiger partial charge on any atom is -0.478 e. The molecule has 1 aromatic carbocycles. The number of alkyl halides is 6. The van der Waals surface area contributed by atoms with Gasteiger partial charge >= 0.3 is 18.3 Å². The smallest absolute Gasteiger partial charge is 0.416 e. The number of pyridine rings is 1. The van der Waals surface area contributed by atoms with E-state index in [1.807, 2.05) is 23.8 Å². The summed E-state index contributed by atoms with van der Waals surface area (Å²) in [5.41, 5.74) is 4.43. The molecule has 0 saturated carbocycles. The minimum atomic E-state index is -4.49. The van der Waals surface area contributed by atoms with Crippen molar-refractivity contribution >= 4 is 11.7 Å². The van der Waals surface area contributed by atoms with Gasteiger partial charge in [0, 0.05) is 44.3 Å². The van der Waals surface area contributed by atoms with Crippen LogP contribution in [0.1, 0.15) is 71.8 Å². The molecule has 0 fully saturated rings. The highest BCUT2D eigenvalue weighted by Gasteiger charge is 2.37. The predicted molar refractivity (Wildman–Crippen MR) is 159 cm³/mol. The number of hydrogen-bond acceptors (Lipinski definition) is 8. The van der Waals surface area contributed by atoms with Crippen molar-refractivity contribution < 1.29 is 36.2 Å². The maximum atomic E-state index is 13.8. The van der Waals surface area contributed by atoms with Gasteiger partial charge in [0.05, 0.1) is 17.5 Å². The van der Waals surface area contributed by atoms with Crippen LogP contribution in [-0.4, -0.2) is 59.2 Å². The fraction of sp³-hybridized carbons (Fsp3) is 0.467. The van der Waals surface area contributed by atoms with Gasteiger partial charge in [-0.15, -0.1) is 11.7 Å². The third-order valence-electron chi connectivity index (χ3n) is 6.76. The maximum Gasteiger partial charge on any atom is 0.416 e. The summed E-state index contributed by atoms with van der Waals surface area (Å²) >= 11 is 0. The van der Waals surface area contributed by atoms with Crippen molar-refractivity contribution in [1.82, 2.24) is 20.4 Å². The van der Waals surface area contributed by atoms with E-state index in [9.17, 15) is 36.2 Å². The summed E-state index contributed by atoms with van der Waals surface area (Å²) < 4.78 is 75.0. The van der Waals surface area contributed by atoms with Crippen LogP contribution in [0.4, 0.5) is 32.0 Å². The number of aromatic nitrogens is 1. The molecule has 2 unspecified atom stereocenters. The lowest BCUT2D eigenvalue weighted by molar-refractivity contribution is -0.138. The van der Waals surface area contributed by atoms with E-state index in [1.54, 1.807) is 26.1 Å². The van der Waals surface area contributed by atoms with Crippen molar-refractivity contribution in [3.8, 4) is 0 Å². The van der Waals surface area contributed by atoms with Gasteiger partial charge in [0.2, 0.25) is 0 Å². The van der Waals surface area contributed by atoms with Gasteiger partial charge in [0.25, 0.3) is 0 Å². The van der Waals surface area contributed by atoms with E-state index in [4.69, 9.17) is 0 Å². The van der Waals surface area contributed by atoms with Crippen LogP contribution < -0.4 is 10.3 Å². The number of benzene rings is 1. The number of allylic oxidation sites excluding steroid dienone is 3. The van der Waals surface area contributed by atoms with Crippen molar-refractivity contribution in [2.24, 2.45) is 10.3 Å². The normalized spacial score (nSPS) is 18.1. The van der Waals surface area contributed by atoms with Gasteiger partial charge in [-0.05, 0) is 69.5 Å². The molecule has 2 aliphatic heterocycles. The van der Waals surface area contributed by atoms with Gasteiger partial charge in [-0.3, -0.25) is 9.88 Å². The van der Waals surface area contributed by atoms with Crippen LogP contribution in [0.25, 0.3) is 0 Å². The highest BCUT2D eigenvalue weighted by atomic mass is 19.4. The van der Waals surface area contributed by atoms with E-state index in [0.717, 1.165) is 18.1 Å². The first kappa shape index (κ1) is 37.2. The lowest BCUT2D eigenvalue weighted by Gasteiger charge is -2.33. The number of aromatic carboxylic acids is 1. The fourth-order valence-corrected chi connectivity index (χ4v) is 4.75. The van der Waals surface area contributed by atoms with Gasteiger partial charge < -0.3 is 10.0 Å². The summed E-state index contributed by atoms with van der Waals surface area (Å²) in [5.74, 6) is -1.11. The van der Waals surface area contributed by atoms with E-state index in [1.165, 1.54) is 42.6 Å². The van der Waals surface area contributed by atoms with Crippen LogP contribution in [0.2, 0.25) is 0 Å². The Labute approximate surface area is 258 Å². The second kappa shape index (κ2) is 16.4. The zero-order valence-corrected chi connectivity index (χ0v) is 25.8. The molecule has 3 heterocycles. The number of hydrazine groups is 1. The van der Waals surface area contributed by atoms with Crippen molar-refractivity contribution in [3.05, 3.63) is 83.2 Å². The predicted octanol–water partition coefficient (Wildman–Crippen LogP) is 7.69. The standard InChI is InChI=1S/C22H26F3N7O2.C5H7F3.C3H6/c1-13-7-16-18(30(2)21-27-29-31(3)28-21)5-4-6-32(19(16)9-17(13)22(23,24)25)12-14-8-15(20(33)34)11-26-10-14;1-2-3-4-5(6,7)8;1-3-2/h7-11,18,21,28H,4-6,12H2,1-3H3,(H,33,34);2-3H,4H2,1H3;3H,1H2,2H3/b;3-2+;. The SMILES string of the molecule is C/C=C/CC(F)(F)F.C=CC.Cc1cc2c(cc1C(F)(F)F)N(Cc1cncc(C(=O)O)c1)CCCC2N(C)C1N=NN(C)N1. The lowest BCUT2D eigenvalue weighted by Crippen LogP contribution is -2.45. The maximum absolute atomic E-state index is 13.8. The lowest BCUT2D eigenvalue weighted by atomic mass is 9.95. The summed E-state index contributed by atoms with van der Waals surface area (Å²) in [5, 5.41) is 18.9. The van der Waals surface area contributed by atoms with Gasteiger partial charge in [-0.1, -0.05) is 29.5 Å². The second-order valence-electron chi connectivity index (χ2n) is 10.4. The zero-order valence-electron chi connectivity index (χ0n) is 25.8. The molecule has 248 valence electrons. The molecule has 0 radical (unpaired) electrons. The molecule has 45 heavy (non-hydrogen) atoms. The second-order valence-corrected chi connectivity index (χ2v) is 10.4. The first-order valence-corrected chi connectivity index (χ1v) is 14.0. The summed E-state index contributed by atoms with van der Waals surface area (Å²) in [6.45, 7) is 9.03. The minimum absolute atomic E-state index is 0.0341. The van der Waals surface area contributed by atoms with E-state index < -0.39 is 36.6 Å². The number of halogens is 6. The monoisotopic (exact) mass is 643 g/mol. The number of aryl methyl sites for hydroxylation is 1. The number of rotatable bonds is 6. The van der Waals surface area contributed by atoms with Gasteiger partial charge in [-0.2, -0.15) is 31.8 Å². The summed E-state index contributed by atoms with van der Waals surface area (Å²) in [6, 6.07) is 4.12. The molecule has 15 heteroatoms. The first-order valence-electron chi connectivity index (χ1n) is 14.0. The first-order chi connectivity index (χ1) is 21.0. The fourth-order valence-electron chi connectivity index (χ4n) is 4.75. The Morgan fingerprint density at radius 3 is 2.36 bits per heavy atom. The van der Waals surface area contributed by atoms with E-state index in [2.05, 4.69) is 27.3 Å². The number of carboxylic acids is 1. The molecule has 2 atom stereocenters. The van der Waals surface area contributed by atoms with Crippen LogP contribution in [0.15, 0.2) is 65.7 Å². The summed E-state index contributed by atoms with van der Waals surface area (Å²) in [4.78, 5) is 19.2. The topological polar surface area (TPSA) is 96.7 Å². The Morgan fingerprint density at radius 1 is 1.18 bits per heavy atom. The Morgan fingerprint density at radius 2 is 1.84 bits per heavy atom. The molecule has 0 saturated heterocycles. The van der Waals surface area contributed by atoms with Crippen molar-refractivity contribution in [1.29, 1.82) is 0 Å². The van der Waals surface area contributed by atoms with Crippen LogP contribution >= 0.6 is 0 Å². The highest BCUT2D eigenvalue weighted by molar-refractivity contribution is 5.87. The quantitative estimate of drug-likeness (QED) is 0.246. The van der Waals surface area contributed by atoms with Crippen LogP contribution in [0.3, 0.4) is 0 Å². The van der Waals surface area contributed by atoms with Gasteiger partial charge in [0.15, 0.2) is 6.29 Å². The largest absolute Gasteiger partial charge is 0.478 e. The van der Waals surface area contributed by atoms with E-state index in [-0.39, 0.29) is 23.7 Å². The zero-order chi connectivity index (χ0) is 33.9. The molecular formula is C30H39F6N7O2. The molecule has 2 N–H and O–H groups in total. The molecule has 0 amide bonds. The Kier molecular flexibility index (Phi) is 13.5. The molecule has 4 rings (SSSR count). The number of carboxylic acid groups (broad SMARTS) is 1. The van der Waals surface area contributed by atoms with Crippen LogP contribution in [0, 0.1) is 6.92 Å². The Hall–Kier alpha value is -3.98. The Bertz CT molecular complexity index is 1350. The third-order valence-corrected chi connectivity index (χ3v) is 6.76. The van der Waals surface area contributed by atoms with E-state index >= 15 is 0 Å². The number of hydrogen-bond donors (Lipinski definition) is 2.